The van der Waals surface area contributed by atoms with E-state index in [4.69, 9.17) is 5.11 Å². The fourth-order valence-electron chi connectivity index (χ4n) is 2.76. The van der Waals surface area contributed by atoms with Crippen LogP contribution in [0.2, 0.25) is 0 Å². The second-order valence-electron chi connectivity index (χ2n) is 5.55. The number of amides is 2. The van der Waals surface area contributed by atoms with Crippen LogP contribution in [0, 0.1) is 6.92 Å². The summed E-state index contributed by atoms with van der Waals surface area (Å²) in [6, 6.07) is 8.83. The molecule has 0 aliphatic carbocycles. The number of hydrogen-bond donors (Lipinski definition) is 1. The Morgan fingerprint density at radius 1 is 1.20 bits per heavy atom. The third-order valence-corrected chi connectivity index (χ3v) is 5.07. The molecule has 1 aliphatic rings. The smallest absolute Gasteiger partial charge is 0.305 e. The van der Waals surface area contributed by atoms with Gasteiger partial charge in [-0.3, -0.25) is 23.9 Å². The lowest BCUT2D eigenvalue weighted by molar-refractivity contribution is -0.138. The minimum absolute atomic E-state index is 0.0401. The molecule has 9 heteroatoms. The van der Waals surface area contributed by atoms with E-state index in [0.717, 1.165) is 4.90 Å². The fraction of sp³-hybridized carbons (Fsp3) is 0.250. The first-order valence-electron chi connectivity index (χ1n) is 7.43. The van der Waals surface area contributed by atoms with Crippen molar-refractivity contribution in [2.45, 2.75) is 18.6 Å². The summed E-state index contributed by atoms with van der Waals surface area (Å²) in [6.45, 7) is 1.63. The quantitative estimate of drug-likeness (QED) is 0.886. The molecule has 2 aromatic rings. The van der Waals surface area contributed by atoms with Crippen LogP contribution in [0.25, 0.3) is 5.69 Å². The molecule has 2 heterocycles. The van der Waals surface area contributed by atoms with Gasteiger partial charge in [0.2, 0.25) is 5.91 Å². The molecule has 0 saturated carbocycles. The summed E-state index contributed by atoms with van der Waals surface area (Å²) in [6.07, 6.45) is -0.468. The Balaban J connectivity index is 2.10. The number of imide groups is 1. The van der Waals surface area contributed by atoms with Gasteiger partial charge in [0.25, 0.3) is 10.8 Å². The van der Waals surface area contributed by atoms with E-state index in [1.165, 1.54) is 4.68 Å². The Labute approximate surface area is 146 Å². The molecule has 25 heavy (non-hydrogen) atoms. The number of anilines is 1. The Morgan fingerprint density at radius 3 is 2.44 bits per heavy atom. The van der Waals surface area contributed by atoms with Crippen molar-refractivity contribution in [2.75, 3.05) is 4.90 Å². The van der Waals surface area contributed by atoms with Gasteiger partial charge in [-0.1, -0.05) is 18.2 Å². The van der Waals surface area contributed by atoms with Crippen LogP contribution in [-0.4, -0.2) is 36.8 Å². The lowest BCUT2D eigenvalue weighted by Crippen LogP contribution is -2.36. The molecule has 1 saturated heterocycles. The molecular weight excluding hydrogens is 346 g/mol. The summed E-state index contributed by atoms with van der Waals surface area (Å²) >= 11 is 0.632. The number of carboxylic acid groups (broad SMARTS) is 1. The first-order valence-corrected chi connectivity index (χ1v) is 8.31. The molecule has 8 nitrogen and oxygen atoms in total. The molecule has 1 aliphatic heterocycles. The summed E-state index contributed by atoms with van der Waals surface area (Å²) in [7, 11) is 1.65. The third-order valence-electron chi connectivity index (χ3n) is 4.03. The number of para-hydroxylation sites is 1. The molecule has 0 radical (unpaired) electrons. The lowest BCUT2D eigenvalue weighted by atomic mass is 10.2. The molecule has 1 atom stereocenters. The van der Waals surface area contributed by atoms with Crippen molar-refractivity contribution in [3.63, 3.8) is 0 Å². The number of carboxylic acids is 1. The highest BCUT2D eigenvalue weighted by molar-refractivity contribution is 8.15. The van der Waals surface area contributed by atoms with E-state index < -0.39 is 34.3 Å². The fourth-order valence-corrected chi connectivity index (χ4v) is 3.72. The molecule has 2 amide bonds. The lowest BCUT2D eigenvalue weighted by Gasteiger charge is -2.11. The molecule has 0 spiro atoms. The largest absolute Gasteiger partial charge is 0.481 e. The van der Waals surface area contributed by atoms with E-state index in [1.807, 2.05) is 6.07 Å². The number of thioether (sulfide) groups is 1. The second kappa shape index (κ2) is 6.25. The zero-order valence-electron chi connectivity index (χ0n) is 13.5. The van der Waals surface area contributed by atoms with Crippen LogP contribution < -0.4 is 10.5 Å². The standard InChI is InChI=1S/C16H15N3O5S/c1-9-13(18-14(22)11(8-12(20)21)25-16(18)24)15(23)19(17(9)2)10-6-4-3-5-7-10/h3-7,11H,8H2,1-2H3,(H,20,21)/t11-/m1/s1. The van der Waals surface area contributed by atoms with Crippen molar-refractivity contribution in [3.8, 4) is 5.69 Å². The topological polar surface area (TPSA) is 102 Å². The second-order valence-corrected chi connectivity index (χ2v) is 6.71. The van der Waals surface area contributed by atoms with Crippen LogP contribution in [0.15, 0.2) is 35.1 Å². The van der Waals surface area contributed by atoms with Gasteiger partial charge >= 0.3 is 5.97 Å². The molecule has 1 fully saturated rings. The number of carbonyl (C=O) groups excluding carboxylic acids is 2. The molecule has 3 rings (SSSR count). The van der Waals surface area contributed by atoms with Crippen molar-refractivity contribution in [1.82, 2.24) is 9.36 Å². The average Bonchev–Trinajstić information content (AvgIpc) is 2.94. The SMILES string of the molecule is Cc1c(N2C(=O)S[C@H](CC(=O)O)C2=O)c(=O)n(-c2ccccc2)n1C. The Kier molecular flexibility index (Phi) is 4.25. The predicted octanol–water partition coefficient (Wildman–Crippen LogP) is 1.53. The normalized spacial score (nSPS) is 17.4. The van der Waals surface area contributed by atoms with E-state index in [0.29, 0.717) is 23.1 Å². The monoisotopic (exact) mass is 361 g/mol. The zero-order chi connectivity index (χ0) is 18.3. The number of aliphatic carboxylic acids is 1. The van der Waals surface area contributed by atoms with Crippen molar-refractivity contribution in [1.29, 1.82) is 0 Å². The van der Waals surface area contributed by atoms with Gasteiger partial charge in [-0.15, -0.1) is 0 Å². The first kappa shape index (κ1) is 17.0. The summed E-state index contributed by atoms with van der Waals surface area (Å²) in [5.74, 6) is -1.85. The maximum Gasteiger partial charge on any atom is 0.305 e. The summed E-state index contributed by atoms with van der Waals surface area (Å²) in [5.41, 5.74) is 0.483. The minimum Gasteiger partial charge on any atom is -0.481 e. The highest BCUT2D eigenvalue weighted by Crippen LogP contribution is 2.33. The molecule has 1 N–H and O–H groups in total. The van der Waals surface area contributed by atoms with E-state index in [1.54, 1.807) is 42.9 Å². The van der Waals surface area contributed by atoms with Gasteiger partial charge < -0.3 is 5.11 Å². The molecular formula is C16H15N3O5S. The number of hydrogen-bond acceptors (Lipinski definition) is 5. The summed E-state index contributed by atoms with van der Waals surface area (Å²) < 4.78 is 2.92. The molecule has 0 bridgehead atoms. The summed E-state index contributed by atoms with van der Waals surface area (Å²) in [5, 5.41) is 7.22. The Morgan fingerprint density at radius 2 is 1.84 bits per heavy atom. The van der Waals surface area contributed by atoms with Gasteiger partial charge in [0.05, 0.1) is 17.8 Å². The van der Waals surface area contributed by atoms with E-state index in [-0.39, 0.29) is 5.69 Å². The Bertz CT molecular complexity index is 931. The van der Waals surface area contributed by atoms with Crippen molar-refractivity contribution < 1.29 is 19.5 Å². The third kappa shape index (κ3) is 2.76. The maximum atomic E-state index is 12.9. The maximum absolute atomic E-state index is 12.9. The van der Waals surface area contributed by atoms with Crippen LogP contribution in [0.4, 0.5) is 10.5 Å². The molecule has 130 valence electrons. The number of rotatable bonds is 4. The predicted molar refractivity (Wildman–Crippen MR) is 92.3 cm³/mol. The van der Waals surface area contributed by atoms with Gasteiger partial charge in [0.1, 0.15) is 10.9 Å². The van der Waals surface area contributed by atoms with Gasteiger partial charge in [-0.05, 0) is 30.8 Å². The van der Waals surface area contributed by atoms with Crippen molar-refractivity contribution in [3.05, 3.63) is 46.4 Å². The molecule has 0 unspecified atom stereocenters. The minimum atomic E-state index is -1.17. The zero-order valence-corrected chi connectivity index (χ0v) is 14.3. The van der Waals surface area contributed by atoms with E-state index in [2.05, 4.69) is 0 Å². The highest BCUT2D eigenvalue weighted by atomic mass is 32.2. The Hall–Kier alpha value is -2.81. The van der Waals surface area contributed by atoms with Crippen LogP contribution in [0.1, 0.15) is 12.1 Å². The van der Waals surface area contributed by atoms with E-state index >= 15 is 0 Å². The van der Waals surface area contributed by atoms with Crippen LogP contribution in [0.3, 0.4) is 0 Å². The van der Waals surface area contributed by atoms with Gasteiger partial charge in [-0.2, -0.15) is 0 Å². The van der Waals surface area contributed by atoms with Crippen molar-refractivity contribution >= 4 is 34.6 Å². The van der Waals surface area contributed by atoms with Crippen LogP contribution in [-0.2, 0) is 16.6 Å². The van der Waals surface area contributed by atoms with Crippen LogP contribution >= 0.6 is 11.8 Å². The molecule has 1 aromatic carbocycles. The number of carbonyl (C=O) groups is 3. The highest BCUT2D eigenvalue weighted by Gasteiger charge is 2.44. The van der Waals surface area contributed by atoms with Gasteiger partial charge in [0.15, 0.2) is 0 Å². The molecule has 1 aromatic heterocycles. The number of benzene rings is 1. The van der Waals surface area contributed by atoms with Crippen molar-refractivity contribution in [2.24, 2.45) is 7.05 Å². The van der Waals surface area contributed by atoms with Crippen LogP contribution in [0.5, 0.6) is 0 Å². The number of nitrogens with zero attached hydrogens (tertiary/aromatic N) is 3. The van der Waals surface area contributed by atoms with Gasteiger partial charge in [-0.25, -0.2) is 9.58 Å². The van der Waals surface area contributed by atoms with Gasteiger partial charge in [0, 0.05) is 7.05 Å². The summed E-state index contributed by atoms with van der Waals surface area (Å²) in [4.78, 5) is 49.3. The first-order chi connectivity index (χ1) is 11.8. The number of aromatic nitrogens is 2. The van der Waals surface area contributed by atoms with E-state index in [9.17, 15) is 19.2 Å². The average molecular weight is 361 g/mol.